The fourth-order valence-corrected chi connectivity index (χ4v) is 2.29. The first-order chi connectivity index (χ1) is 7.56. The van der Waals surface area contributed by atoms with E-state index in [4.69, 9.17) is 11.6 Å². The van der Waals surface area contributed by atoms with Crippen LogP contribution in [-0.4, -0.2) is 17.6 Å². The van der Waals surface area contributed by atoms with Gasteiger partial charge in [0.05, 0.1) is 23.2 Å². The lowest BCUT2D eigenvalue weighted by molar-refractivity contribution is 0.0601. The van der Waals surface area contributed by atoms with E-state index < -0.39 is 0 Å². The van der Waals surface area contributed by atoms with Gasteiger partial charge >= 0.3 is 5.97 Å². The van der Waals surface area contributed by atoms with Crippen LogP contribution in [0, 0.1) is 0 Å². The molecule has 0 saturated heterocycles. The lowest BCUT2D eigenvalue weighted by Crippen LogP contribution is -2.01. The third-order valence-electron chi connectivity index (χ3n) is 2.49. The van der Waals surface area contributed by atoms with Crippen molar-refractivity contribution in [2.24, 2.45) is 7.05 Å². The van der Waals surface area contributed by atoms with Gasteiger partial charge in [-0.15, -0.1) is 0 Å². The van der Waals surface area contributed by atoms with Crippen LogP contribution in [0.5, 0.6) is 0 Å². The van der Waals surface area contributed by atoms with E-state index in [-0.39, 0.29) is 5.97 Å². The Labute approximate surface area is 106 Å². The van der Waals surface area contributed by atoms with Crippen LogP contribution in [0.1, 0.15) is 10.4 Å². The zero-order valence-corrected chi connectivity index (χ0v) is 11.1. The zero-order valence-electron chi connectivity index (χ0n) is 8.75. The molecule has 2 rings (SSSR count). The van der Waals surface area contributed by atoms with Gasteiger partial charge in [-0.1, -0.05) is 17.7 Å². The van der Waals surface area contributed by atoms with Crippen molar-refractivity contribution in [3.8, 4) is 0 Å². The molecule has 0 amide bonds. The predicted molar refractivity (Wildman–Crippen MR) is 67.0 cm³/mol. The average Bonchev–Trinajstić information content (AvgIpc) is 2.53. The number of hydrogen-bond donors (Lipinski definition) is 0. The number of carbonyl (C=O) groups excluding carboxylic acids is 1. The molecule has 0 saturated carbocycles. The van der Waals surface area contributed by atoms with Gasteiger partial charge in [-0.2, -0.15) is 0 Å². The Morgan fingerprint density at radius 1 is 1.50 bits per heavy atom. The van der Waals surface area contributed by atoms with Crippen molar-refractivity contribution in [1.82, 2.24) is 4.57 Å². The van der Waals surface area contributed by atoms with E-state index in [0.29, 0.717) is 10.6 Å². The molecule has 1 heterocycles. The van der Waals surface area contributed by atoms with Gasteiger partial charge in [0.15, 0.2) is 0 Å². The number of hydrogen-bond acceptors (Lipinski definition) is 2. The Morgan fingerprint density at radius 3 is 2.81 bits per heavy atom. The third kappa shape index (κ3) is 1.62. The Morgan fingerprint density at radius 2 is 2.19 bits per heavy atom. The fourth-order valence-electron chi connectivity index (χ4n) is 1.60. The minimum atomic E-state index is -0.352. The van der Waals surface area contributed by atoms with Crippen molar-refractivity contribution in [2.45, 2.75) is 0 Å². The molecule has 84 valence electrons. The van der Waals surface area contributed by atoms with Gasteiger partial charge in [-0.25, -0.2) is 4.79 Å². The number of rotatable bonds is 1. The summed E-state index contributed by atoms with van der Waals surface area (Å²) in [6, 6.07) is 5.28. The molecule has 1 aromatic heterocycles. The Hall–Kier alpha value is -1.00. The lowest BCUT2D eigenvalue weighted by Gasteiger charge is -2.01. The summed E-state index contributed by atoms with van der Waals surface area (Å²) < 4.78 is 7.35. The summed E-state index contributed by atoms with van der Waals surface area (Å²) in [5.74, 6) is -0.352. The number of halogens is 2. The second-order valence-corrected chi connectivity index (χ2v) is 4.52. The average molecular weight is 303 g/mol. The van der Waals surface area contributed by atoms with Gasteiger partial charge in [0.1, 0.15) is 4.60 Å². The van der Waals surface area contributed by atoms with E-state index in [1.165, 1.54) is 7.11 Å². The molecule has 3 nitrogen and oxygen atoms in total. The maximum absolute atomic E-state index is 11.4. The second kappa shape index (κ2) is 4.11. The molecule has 1 aromatic carbocycles. The molecule has 0 aliphatic carbocycles. The van der Waals surface area contributed by atoms with E-state index in [2.05, 4.69) is 20.7 Å². The summed E-state index contributed by atoms with van der Waals surface area (Å²) in [6.45, 7) is 0. The minimum Gasteiger partial charge on any atom is -0.465 e. The summed E-state index contributed by atoms with van der Waals surface area (Å²) >= 11 is 9.51. The summed E-state index contributed by atoms with van der Waals surface area (Å²) in [7, 11) is 3.24. The molecule has 2 aromatic rings. The third-order valence-corrected chi connectivity index (χ3v) is 4.03. The van der Waals surface area contributed by atoms with Crippen LogP contribution < -0.4 is 0 Å². The predicted octanol–water partition coefficient (Wildman–Crippen LogP) is 3.38. The highest BCUT2D eigenvalue weighted by Crippen LogP contribution is 2.34. The number of benzene rings is 1. The van der Waals surface area contributed by atoms with Crippen LogP contribution in [0.15, 0.2) is 22.8 Å². The van der Waals surface area contributed by atoms with E-state index in [0.717, 1.165) is 15.5 Å². The molecule has 0 N–H and O–H groups in total. The highest BCUT2D eigenvalue weighted by molar-refractivity contribution is 9.10. The first-order valence-corrected chi connectivity index (χ1v) is 5.75. The molecule has 0 unspecified atom stereocenters. The molecule has 0 radical (unpaired) electrons. The van der Waals surface area contributed by atoms with Crippen LogP contribution in [-0.2, 0) is 11.8 Å². The molecule has 0 bridgehead atoms. The molecule has 0 aliphatic heterocycles. The van der Waals surface area contributed by atoms with Crippen molar-refractivity contribution in [1.29, 1.82) is 0 Å². The Bertz CT molecular complexity index is 577. The van der Waals surface area contributed by atoms with E-state index in [1.54, 1.807) is 12.1 Å². The first-order valence-electron chi connectivity index (χ1n) is 4.58. The topological polar surface area (TPSA) is 31.2 Å². The van der Waals surface area contributed by atoms with Gasteiger partial charge in [0, 0.05) is 12.4 Å². The quantitative estimate of drug-likeness (QED) is 0.756. The lowest BCUT2D eigenvalue weighted by atomic mass is 10.1. The van der Waals surface area contributed by atoms with Crippen LogP contribution >= 0.6 is 27.5 Å². The molecule has 0 atom stereocenters. The number of nitrogens with zero attached hydrogens (tertiary/aromatic N) is 1. The highest BCUT2D eigenvalue weighted by atomic mass is 79.9. The van der Waals surface area contributed by atoms with Crippen LogP contribution in [0.25, 0.3) is 10.9 Å². The molecule has 5 heteroatoms. The maximum atomic E-state index is 11.4. The van der Waals surface area contributed by atoms with Crippen molar-refractivity contribution in [2.75, 3.05) is 7.11 Å². The normalized spacial score (nSPS) is 10.8. The number of fused-ring (bicyclic) bond motifs is 1. The first kappa shape index (κ1) is 11.5. The van der Waals surface area contributed by atoms with Crippen molar-refractivity contribution in [3.63, 3.8) is 0 Å². The fraction of sp³-hybridized carbons (Fsp3) is 0.182. The smallest absolute Gasteiger partial charge is 0.337 e. The second-order valence-electron chi connectivity index (χ2n) is 3.39. The van der Waals surface area contributed by atoms with E-state index in [1.807, 2.05) is 17.7 Å². The Kier molecular flexibility index (Phi) is 2.95. The zero-order chi connectivity index (χ0) is 11.9. The van der Waals surface area contributed by atoms with Gasteiger partial charge in [-0.05, 0) is 28.1 Å². The standard InChI is InChI=1S/C11H9BrClNO2/c1-14-8-5-6(11(15)16-2)3-4-7(8)9(13)10(14)12/h3-5H,1-2H3. The molecular weight excluding hydrogens is 293 g/mol. The molecule has 0 spiro atoms. The van der Waals surface area contributed by atoms with Crippen LogP contribution in [0.4, 0.5) is 0 Å². The molecule has 0 aliphatic rings. The Balaban J connectivity index is 2.71. The van der Waals surface area contributed by atoms with Crippen LogP contribution in [0.3, 0.4) is 0 Å². The van der Waals surface area contributed by atoms with Gasteiger partial charge < -0.3 is 9.30 Å². The van der Waals surface area contributed by atoms with E-state index >= 15 is 0 Å². The number of aryl methyl sites for hydroxylation is 1. The van der Waals surface area contributed by atoms with Crippen molar-refractivity contribution < 1.29 is 9.53 Å². The maximum Gasteiger partial charge on any atom is 0.337 e. The molecule has 0 fully saturated rings. The summed E-state index contributed by atoms with van der Waals surface area (Å²) in [4.78, 5) is 11.4. The summed E-state index contributed by atoms with van der Waals surface area (Å²) in [6.07, 6.45) is 0. The molecule has 16 heavy (non-hydrogen) atoms. The molecular formula is C11H9BrClNO2. The highest BCUT2D eigenvalue weighted by Gasteiger charge is 2.13. The minimum absolute atomic E-state index is 0.352. The van der Waals surface area contributed by atoms with Gasteiger partial charge in [-0.3, -0.25) is 0 Å². The van der Waals surface area contributed by atoms with Crippen molar-refractivity contribution in [3.05, 3.63) is 33.4 Å². The van der Waals surface area contributed by atoms with Crippen LogP contribution in [0.2, 0.25) is 5.02 Å². The number of aromatic nitrogens is 1. The number of ether oxygens (including phenoxy) is 1. The number of methoxy groups -OCH3 is 1. The monoisotopic (exact) mass is 301 g/mol. The largest absolute Gasteiger partial charge is 0.465 e. The summed E-state index contributed by atoms with van der Waals surface area (Å²) in [5, 5.41) is 1.55. The van der Waals surface area contributed by atoms with E-state index in [9.17, 15) is 4.79 Å². The SMILES string of the molecule is COC(=O)c1ccc2c(Cl)c(Br)n(C)c2c1. The van der Waals surface area contributed by atoms with Gasteiger partial charge in [0.2, 0.25) is 0 Å². The number of carbonyl (C=O) groups is 1. The van der Waals surface area contributed by atoms with Crippen molar-refractivity contribution >= 4 is 44.4 Å². The summed E-state index contributed by atoms with van der Waals surface area (Å²) in [5.41, 5.74) is 1.40. The number of esters is 1. The van der Waals surface area contributed by atoms with Gasteiger partial charge in [0.25, 0.3) is 0 Å².